The van der Waals surface area contributed by atoms with Crippen LogP contribution in [0.4, 0.5) is 0 Å². The Kier molecular flexibility index (Phi) is 12.4. The first-order valence-corrected chi connectivity index (χ1v) is 9.80. The van der Waals surface area contributed by atoms with E-state index >= 15 is 0 Å². The molecule has 30 heavy (non-hydrogen) atoms. The first-order chi connectivity index (χ1) is 13.9. The third-order valence-electron chi connectivity index (χ3n) is 3.85. The Bertz CT molecular complexity index is 565. The second kappa shape index (κ2) is 13.6. The van der Waals surface area contributed by atoms with Crippen LogP contribution in [0, 0.1) is 10.8 Å². The molecule has 0 aromatic carbocycles. The largest absolute Gasteiger partial charge is 0.466 e. The lowest BCUT2D eigenvalue weighted by atomic mass is 9.90. The zero-order valence-electron chi connectivity index (χ0n) is 18.5. The van der Waals surface area contributed by atoms with Crippen molar-refractivity contribution in [1.29, 1.82) is 0 Å². The molecule has 0 unspecified atom stereocenters. The fourth-order valence-corrected chi connectivity index (χ4v) is 2.21. The molecule has 0 fully saturated rings. The van der Waals surface area contributed by atoms with Gasteiger partial charge in [0.2, 0.25) is 0 Å². The van der Waals surface area contributed by atoms with Crippen molar-refractivity contribution in [3.05, 3.63) is 25.3 Å². The smallest absolute Gasteiger partial charge is 0.330 e. The van der Waals surface area contributed by atoms with Crippen LogP contribution in [0.25, 0.3) is 0 Å². The van der Waals surface area contributed by atoms with Crippen molar-refractivity contribution >= 4 is 23.9 Å². The highest BCUT2D eigenvalue weighted by molar-refractivity contribution is 5.81. The van der Waals surface area contributed by atoms with Crippen LogP contribution < -0.4 is 0 Å². The second-order valence-electron chi connectivity index (χ2n) is 8.45. The highest BCUT2D eigenvalue weighted by atomic mass is 16.5. The Hall–Kier alpha value is -2.64. The van der Waals surface area contributed by atoms with E-state index in [2.05, 4.69) is 13.2 Å². The summed E-state index contributed by atoms with van der Waals surface area (Å²) in [6.45, 7) is 14.4. The molecule has 0 spiro atoms. The van der Waals surface area contributed by atoms with Crippen molar-refractivity contribution in [1.82, 2.24) is 0 Å². The number of carbonyl (C=O) groups excluding carboxylic acids is 4. The number of carbonyl (C=O) groups is 4. The number of unbranched alkanes of at least 4 members (excludes halogenated alkanes) is 1. The molecule has 0 aromatic rings. The predicted molar refractivity (Wildman–Crippen MR) is 110 cm³/mol. The van der Waals surface area contributed by atoms with E-state index in [4.69, 9.17) is 18.9 Å². The summed E-state index contributed by atoms with van der Waals surface area (Å²) in [5.41, 5.74) is -1.09. The zero-order valence-corrected chi connectivity index (χ0v) is 18.5. The van der Waals surface area contributed by atoms with E-state index in [0.717, 1.165) is 12.2 Å². The van der Waals surface area contributed by atoms with Crippen LogP contribution in [0.1, 0.15) is 53.4 Å². The summed E-state index contributed by atoms with van der Waals surface area (Å²) in [4.78, 5) is 46.0. The summed E-state index contributed by atoms with van der Waals surface area (Å²) in [6, 6.07) is 0. The van der Waals surface area contributed by atoms with Gasteiger partial charge in [-0.2, -0.15) is 0 Å². The fourth-order valence-electron chi connectivity index (χ4n) is 2.21. The Balaban J connectivity index is 3.94. The van der Waals surface area contributed by atoms with Gasteiger partial charge in [0.1, 0.15) is 0 Å². The molecule has 0 rings (SSSR count). The van der Waals surface area contributed by atoms with E-state index in [-0.39, 0.29) is 51.2 Å². The van der Waals surface area contributed by atoms with Gasteiger partial charge >= 0.3 is 23.9 Å². The third-order valence-corrected chi connectivity index (χ3v) is 3.85. The molecule has 0 bridgehead atoms. The van der Waals surface area contributed by atoms with Gasteiger partial charge in [-0.25, -0.2) is 9.59 Å². The van der Waals surface area contributed by atoms with Crippen molar-refractivity contribution in [2.24, 2.45) is 10.8 Å². The van der Waals surface area contributed by atoms with E-state index in [9.17, 15) is 19.2 Å². The Labute approximate surface area is 178 Å². The normalized spacial score (nSPS) is 11.2. The van der Waals surface area contributed by atoms with Gasteiger partial charge in [0.05, 0.1) is 39.3 Å². The van der Waals surface area contributed by atoms with Gasteiger partial charge in [-0.1, -0.05) is 40.9 Å². The molecule has 0 radical (unpaired) electrons. The quantitative estimate of drug-likeness (QED) is 0.170. The monoisotopic (exact) mass is 426 g/mol. The SMILES string of the molecule is C=CC(=O)OCC(C)(C)CC(=O)OCCCCOC(=O)CC(C)(C)COC(=O)C=C. The molecule has 170 valence electrons. The van der Waals surface area contributed by atoms with Crippen molar-refractivity contribution in [3.63, 3.8) is 0 Å². The first kappa shape index (κ1) is 27.4. The van der Waals surface area contributed by atoms with Crippen LogP contribution in [0.3, 0.4) is 0 Å². The van der Waals surface area contributed by atoms with Gasteiger partial charge in [0.25, 0.3) is 0 Å². The molecule has 0 heterocycles. The van der Waals surface area contributed by atoms with Crippen molar-refractivity contribution < 1.29 is 38.1 Å². The molecule has 8 heteroatoms. The van der Waals surface area contributed by atoms with E-state index < -0.39 is 22.8 Å². The van der Waals surface area contributed by atoms with Crippen molar-refractivity contribution in [2.45, 2.75) is 53.4 Å². The minimum Gasteiger partial charge on any atom is -0.466 e. The van der Waals surface area contributed by atoms with E-state index in [1.807, 2.05) is 0 Å². The summed E-state index contributed by atoms with van der Waals surface area (Å²) < 4.78 is 20.3. The van der Waals surface area contributed by atoms with Crippen molar-refractivity contribution in [2.75, 3.05) is 26.4 Å². The molecule has 0 aliphatic carbocycles. The highest BCUT2D eigenvalue weighted by Gasteiger charge is 2.25. The molecule has 0 N–H and O–H groups in total. The summed E-state index contributed by atoms with van der Waals surface area (Å²) >= 11 is 0. The second-order valence-corrected chi connectivity index (χ2v) is 8.45. The Morgan fingerprint density at radius 1 is 0.667 bits per heavy atom. The summed E-state index contributed by atoms with van der Waals surface area (Å²) in [6.07, 6.45) is 3.45. The summed E-state index contributed by atoms with van der Waals surface area (Å²) in [5.74, 6) is -1.84. The van der Waals surface area contributed by atoms with Crippen LogP contribution >= 0.6 is 0 Å². The maximum Gasteiger partial charge on any atom is 0.330 e. The van der Waals surface area contributed by atoms with Crippen LogP contribution in [0.15, 0.2) is 25.3 Å². The van der Waals surface area contributed by atoms with Gasteiger partial charge in [0.15, 0.2) is 0 Å². The molecule has 0 aliphatic heterocycles. The highest BCUT2D eigenvalue weighted by Crippen LogP contribution is 2.22. The molecule has 0 aliphatic rings. The Morgan fingerprint density at radius 2 is 1.00 bits per heavy atom. The molecular formula is C22H34O8. The van der Waals surface area contributed by atoms with E-state index in [1.165, 1.54) is 0 Å². The maximum atomic E-state index is 11.9. The predicted octanol–water partition coefficient (Wildman–Crippen LogP) is 3.14. The van der Waals surface area contributed by atoms with Gasteiger partial charge in [-0.15, -0.1) is 0 Å². The van der Waals surface area contributed by atoms with Crippen LogP contribution in [-0.2, 0) is 38.1 Å². The number of hydrogen-bond acceptors (Lipinski definition) is 8. The third kappa shape index (κ3) is 14.4. The van der Waals surface area contributed by atoms with Gasteiger partial charge in [-0.05, 0) is 12.8 Å². The molecule has 0 saturated carbocycles. The number of hydrogen-bond donors (Lipinski definition) is 0. The van der Waals surface area contributed by atoms with Gasteiger partial charge < -0.3 is 18.9 Å². The molecule has 0 amide bonds. The minimum atomic E-state index is -0.544. The number of esters is 4. The van der Waals surface area contributed by atoms with Crippen LogP contribution in [0.2, 0.25) is 0 Å². The average molecular weight is 427 g/mol. The molecule has 0 aromatic heterocycles. The first-order valence-electron chi connectivity index (χ1n) is 9.80. The lowest BCUT2D eigenvalue weighted by Gasteiger charge is -2.23. The number of ether oxygens (including phenoxy) is 4. The van der Waals surface area contributed by atoms with E-state index in [0.29, 0.717) is 12.8 Å². The average Bonchev–Trinajstić information content (AvgIpc) is 2.66. The van der Waals surface area contributed by atoms with E-state index in [1.54, 1.807) is 27.7 Å². The van der Waals surface area contributed by atoms with Gasteiger partial charge in [-0.3, -0.25) is 9.59 Å². The molecule has 0 atom stereocenters. The summed E-state index contributed by atoms with van der Waals surface area (Å²) in [7, 11) is 0. The topological polar surface area (TPSA) is 105 Å². The zero-order chi connectivity index (χ0) is 23.2. The Morgan fingerprint density at radius 3 is 1.30 bits per heavy atom. The van der Waals surface area contributed by atoms with Crippen LogP contribution in [-0.4, -0.2) is 50.3 Å². The maximum absolute atomic E-state index is 11.9. The minimum absolute atomic E-state index is 0.0893. The standard InChI is InChI=1S/C22H34O8/c1-7-17(23)29-15-21(3,4)13-19(25)27-11-9-10-12-28-20(26)14-22(5,6)16-30-18(24)8-2/h7-8H,1-2,9-16H2,3-6H3. The molecule has 0 saturated heterocycles. The lowest BCUT2D eigenvalue weighted by molar-refractivity contribution is -0.151. The number of rotatable bonds is 15. The van der Waals surface area contributed by atoms with Crippen LogP contribution in [0.5, 0.6) is 0 Å². The van der Waals surface area contributed by atoms with Crippen molar-refractivity contribution in [3.8, 4) is 0 Å². The molecule has 8 nitrogen and oxygen atoms in total. The molecular weight excluding hydrogens is 392 g/mol. The fraction of sp³-hybridized carbons (Fsp3) is 0.636. The summed E-state index contributed by atoms with van der Waals surface area (Å²) in [5, 5.41) is 0. The van der Waals surface area contributed by atoms with Gasteiger partial charge in [0, 0.05) is 23.0 Å². The lowest BCUT2D eigenvalue weighted by Crippen LogP contribution is -2.26.